The van der Waals surface area contributed by atoms with Crippen molar-refractivity contribution in [1.29, 1.82) is 0 Å². The molecule has 1 spiro atoms. The Morgan fingerprint density at radius 2 is 2.25 bits per heavy atom. The number of halogens is 1. The number of carbonyl (C=O) groups is 1. The molecule has 5 heteroatoms. The first-order chi connectivity index (χ1) is 11.6. The van der Waals surface area contributed by atoms with Crippen LogP contribution in [0.4, 0.5) is 4.39 Å². The van der Waals surface area contributed by atoms with Crippen molar-refractivity contribution in [3.05, 3.63) is 34.6 Å². The number of esters is 1. The maximum Gasteiger partial charge on any atom is 0.337 e. The number of hydrogen-bond donors (Lipinski definition) is 0. The molecule has 0 amide bonds. The van der Waals surface area contributed by atoms with Crippen LogP contribution >= 0.6 is 0 Å². The van der Waals surface area contributed by atoms with Gasteiger partial charge in [-0.3, -0.25) is 4.90 Å². The Morgan fingerprint density at radius 1 is 1.42 bits per heavy atom. The normalized spacial score (nSPS) is 29.8. The number of nitrogens with zero attached hydrogens (tertiary/aromatic N) is 1. The van der Waals surface area contributed by atoms with Crippen LogP contribution in [-0.4, -0.2) is 43.8 Å². The summed E-state index contributed by atoms with van der Waals surface area (Å²) >= 11 is 0. The summed E-state index contributed by atoms with van der Waals surface area (Å²) in [7, 11) is 1.32. The van der Waals surface area contributed by atoms with Crippen LogP contribution in [0.15, 0.2) is 12.1 Å². The first kappa shape index (κ1) is 16.0. The zero-order chi connectivity index (χ0) is 16.7. The number of rotatable bonds is 2. The molecule has 24 heavy (non-hydrogen) atoms. The molecular formula is C19H24FNO3. The van der Waals surface area contributed by atoms with E-state index in [-0.39, 0.29) is 5.82 Å². The van der Waals surface area contributed by atoms with Gasteiger partial charge in [-0.2, -0.15) is 0 Å². The molecule has 4 nitrogen and oxygen atoms in total. The second kappa shape index (κ2) is 6.12. The topological polar surface area (TPSA) is 38.8 Å². The third-order valence-electron chi connectivity index (χ3n) is 6.00. The zero-order valence-corrected chi connectivity index (χ0v) is 14.1. The van der Waals surface area contributed by atoms with Crippen molar-refractivity contribution in [3.8, 4) is 0 Å². The lowest BCUT2D eigenvalue weighted by atomic mass is 9.62. The Labute approximate surface area is 141 Å². The highest BCUT2D eigenvalue weighted by atomic mass is 19.1. The van der Waals surface area contributed by atoms with Crippen molar-refractivity contribution in [2.75, 3.05) is 26.9 Å². The predicted octanol–water partition coefficient (Wildman–Crippen LogP) is 2.93. The van der Waals surface area contributed by atoms with Gasteiger partial charge < -0.3 is 9.47 Å². The van der Waals surface area contributed by atoms with Crippen LogP contribution in [0.1, 0.15) is 47.2 Å². The minimum atomic E-state index is -0.475. The van der Waals surface area contributed by atoms with Crippen LogP contribution in [0.5, 0.6) is 0 Å². The third-order valence-corrected chi connectivity index (χ3v) is 6.00. The first-order valence-corrected chi connectivity index (χ1v) is 8.82. The smallest absolute Gasteiger partial charge is 0.337 e. The second-order valence-electron chi connectivity index (χ2n) is 7.53. The van der Waals surface area contributed by atoms with E-state index in [0.29, 0.717) is 23.6 Å². The summed E-state index contributed by atoms with van der Waals surface area (Å²) in [6, 6.07) is 3.64. The monoisotopic (exact) mass is 333 g/mol. The number of fused-ring (bicyclic) bond motifs is 1. The number of ether oxygens (including phenoxy) is 2. The fourth-order valence-corrected chi connectivity index (χ4v) is 4.62. The molecule has 3 aliphatic rings. The summed E-state index contributed by atoms with van der Waals surface area (Å²) in [6.07, 6.45) is 5.57. The molecule has 1 aromatic carbocycles. The maximum atomic E-state index is 14.5. The molecule has 2 heterocycles. The van der Waals surface area contributed by atoms with E-state index in [1.807, 2.05) is 0 Å². The number of benzene rings is 1. The molecule has 1 aromatic rings. The Bertz CT molecular complexity index is 646. The van der Waals surface area contributed by atoms with Gasteiger partial charge in [0.15, 0.2) is 0 Å². The summed E-state index contributed by atoms with van der Waals surface area (Å²) in [5, 5.41) is 0. The third kappa shape index (κ3) is 2.74. The molecule has 0 aromatic heterocycles. The molecular weight excluding hydrogens is 309 g/mol. The van der Waals surface area contributed by atoms with Crippen molar-refractivity contribution in [2.45, 2.75) is 44.7 Å². The van der Waals surface area contributed by atoms with Gasteiger partial charge in [-0.15, -0.1) is 0 Å². The van der Waals surface area contributed by atoms with E-state index in [1.165, 1.54) is 38.9 Å². The van der Waals surface area contributed by atoms with Crippen molar-refractivity contribution in [1.82, 2.24) is 4.90 Å². The SMILES string of the molecule is COC(=O)c1cc(F)c2c(c1)CCN(C1CC3(CCCOC3)C1)C2. The largest absolute Gasteiger partial charge is 0.465 e. The summed E-state index contributed by atoms with van der Waals surface area (Å²) in [5.41, 5.74) is 2.39. The molecule has 1 aliphatic carbocycles. The van der Waals surface area contributed by atoms with E-state index in [0.717, 1.165) is 37.3 Å². The van der Waals surface area contributed by atoms with Gasteiger partial charge in [-0.25, -0.2) is 9.18 Å². The average molecular weight is 333 g/mol. The molecule has 1 saturated carbocycles. The summed E-state index contributed by atoms with van der Waals surface area (Å²) < 4.78 is 24.8. The lowest BCUT2D eigenvalue weighted by Gasteiger charge is -2.54. The van der Waals surface area contributed by atoms with Gasteiger partial charge in [0.05, 0.1) is 19.3 Å². The molecule has 0 atom stereocenters. The quantitative estimate of drug-likeness (QED) is 0.780. The predicted molar refractivity (Wildman–Crippen MR) is 87.4 cm³/mol. The molecule has 2 aliphatic heterocycles. The molecule has 0 bridgehead atoms. The van der Waals surface area contributed by atoms with Crippen LogP contribution in [-0.2, 0) is 22.4 Å². The zero-order valence-electron chi connectivity index (χ0n) is 14.1. The van der Waals surface area contributed by atoms with Gasteiger partial charge in [0.1, 0.15) is 5.82 Å². The van der Waals surface area contributed by atoms with Crippen molar-refractivity contribution in [3.63, 3.8) is 0 Å². The molecule has 0 unspecified atom stereocenters. The van der Waals surface area contributed by atoms with Crippen LogP contribution < -0.4 is 0 Å². The fraction of sp³-hybridized carbons (Fsp3) is 0.632. The van der Waals surface area contributed by atoms with Crippen molar-refractivity contribution < 1.29 is 18.7 Å². The molecule has 0 radical (unpaired) electrons. The van der Waals surface area contributed by atoms with E-state index in [4.69, 9.17) is 9.47 Å². The Kier molecular flexibility index (Phi) is 4.09. The van der Waals surface area contributed by atoms with Crippen LogP contribution in [0.2, 0.25) is 0 Å². The van der Waals surface area contributed by atoms with Gasteiger partial charge in [-0.05, 0) is 55.2 Å². The standard InChI is InChI=1S/C19H24FNO3/c1-23-18(22)14-7-13-3-5-21(11-16(13)17(20)8-14)15-9-19(10-15)4-2-6-24-12-19/h7-8,15H,2-6,9-12H2,1H3. The van der Waals surface area contributed by atoms with E-state index < -0.39 is 5.97 Å². The van der Waals surface area contributed by atoms with Gasteiger partial charge in [0, 0.05) is 31.3 Å². The van der Waals surface area contributed by atoms with Crippen LogP contribution in [0.25, 0.3) is 0 Å². The van der Waals surface area contributed by atoms with Gasteiger partial charge in [0.2, 0.25) is 0 Å². The molecule has 130 valence electrons. The van der Waals surface area contributed by atoms with E-state index in [9.17, 15) is 9.18 Å². The van der Waals surface area contributed by atoms with E-state index in [1.54, 1.807) is 6.07 Å². The highest BCUT2D eigenvalue weighted by molar-refractivity contribution is 5.89. The average Bonchev–Trinajstić information content (AvgIpc) is 2.59. The summed E-state index contributed by atoms with van der Waals surface area (Å²) in [5.74, 6) is -0.759. The van der Waals surface area contributed by atoms with Crippen molar-refractivity contribution >= 4 is 5.97 Å². The molecule has 1 saturated heterocycles. The molecule has 2 fully saturated rings. The van der Waals surface area contributed by atoms with Crippen molar-refractivity contribution in [2.24, 2.45) is 5.41 Å². The highest BCUT2D eigenvalue weighted by Crippen LogP contribution is 2.49. The Balaban J connectivity index is 1.46. The van der Waals surface area contributed by atoms with Crippen LogP contribution in [0.3, 0.4) is 0 Å². The number of hydrogen-bond acceptors (Lipinski definition) is 4. The maximum absolute atomic E-state index is 14.5. The van der Waals surface area contributed by atoms with E-state index in [2.05, 4.69) is 4.90 Å². The van der Waals surface area contributed by atoms with Gasteiger partial charge in [0.25, 0.3) is 0 Å². The first-order valence-electron chi connectivity index (χ1n) is 8.82. The lowest BCUT2D eigenvalue weighted by Crippen LogP contribution is -2.55. The second-order valence-corrected chi connectivity index (χ2v) is 7.53. The van der Waals surface area contributed by atoms with Gasteiger partial charge >= 0.3 is 5.97 Å². The Morgan fingerprint density at radius 3 is 2.96 bits per heavy atom. The van der Waals surface area contributed by atoms with Crippen LogP contribution in [0, 0.1) is 11.2 Å². The van der Waals surface area contributed by atoms with Gasteiger partial charge in [-0.1, -0.05) is 0 Å². The van der Waals surface area contributed by atoms with E-state index >= 15 is 0 Å². The number of methoxy groups -OCH3 is 1. The fourth-order valence-electron chi connectivity index (χ4n) is 4.62. The summed E-state index contributed by atoms with van der Waals surface area (Å²) in [6.45, 7) is 3.37. The summed E-state index contributed by atoms with van der Waals surface area (Å²) in [4.78, 5) is 14.0. The molecule has 0 N–H and O–H groups in total. The molecule has 4 rings (SSSR count). The Hall–Kier alpha value is -1.46. The minimum absolute atomic E-state index is 0.285. The lowest BCUT2D eigenvalue weighted by molar-refractivity contribution is -0.0985. The highest BCUT2D eigenvalue weighted by Gasteiger charge is 2.47. The number of carbonyl (C=O) groups excluding carboxylic acids is 1. The minimum Gasteiger partial charge on any atom is -0.465 e.